The van der Waals surface area contributed by atoms with E-state index >= 15 is 0 Å². The molecule has 0 unspecified atom stereocenters. The van der Waals surface area contributed by atoms with E-state index in [9.17, 15) is 0 Å². The molecule has 2 rings (SSSR count). The Morgan fingerprint density at radius 1 is 0.800 bits per heavy atom. The number of nitrogens with zero attached hydrogens (tertiary/aromatic N) is 1. The van der Waals surface area contributed by atoms with Gasteiger partial charge in [-0.1, -0.05) is 0 Å². The average Bonchev–Trinajstić information content (AvgIpc) is 2.23. The number of benzene rings is 1. The van der Waals surface area contributed by atoms with Crippen molar-refractivity contribution in [3.8, 4) is 0 Å². The molecule has 15 heavy (non-hydrogen) atoms. The van der Waals surface area contributed by atoms with E-state index in [1.54, 1.807) is 11.1 Å². The molecule has 1 aliphatic rings. The van der Waals surface area contributed by atoms with Crippen molar-refractivity contribution in [1.82, 2.24) is 4.90 Å². The summed E-state index contributed by atoms with van der Waals surface area (Å²) in [6, 6.07) is 0. The monoisotopic (exact) mass is 203 g/mol. The van der Waals surface area contributed by atoms with Gasteiger partial charge in [0, 0.05) is 13.1 Å². The van der Waals surface area contributed by atoms with Crippen molar-refractivity contribution in [2.45, 2.75) is 40.7 Å². The Labute approximate surface area is 93.1 Å². The molecule has 0 radical (unpaired) electrons. The Hall–Kier alpha value is -0.820. The fourth-order valence-electron chi connectivity index (χ4n) is 2.67. The quantitative estimate of drug-likeness (QED) is 0.626. The highest BCUT2D eigenvalue weighted by atomic mass is 15.1. The van der Waals surface area contributed by atoms with Crippen LogP contribution in [0.3, 0.4) is 0 Å². The van der Waals surface area contributed by atoms with E-state index in [0.29, 0.717) is 0 Å². The summed E-state index contributed by atoms with van der Waals surface area (Å²) in [5.41, 5.74) is 9.23. The van der Waals surface area contributed by atoms with Gasteiger partial charge in [0.15, 0.2) is 0 Å². The van der Waals surface area contributed by atoms with E-state index in [4.69, 9.17) is 0 Å². The summed E-state index contributed by atoms with van der Waals surface area (Å²) in [4.78, 5) is 2.42. The molecule has 0 spiro atoms. The van der Waals surface area contributed by atoms with Gasteiger partial charge in [-0.25, -0.2) is 0 Å². The number of hydrogen-bond donors (Lipinski definition) is 0. The summed E-state index contributed by atoms with van der Waals surface area (Å²) in [7, 11) is 2.22. The van der Waals surface area contributed by atoms with Crippen molar-refractivity contribution < 1.29 is 0 Å². The van der Waals surface area contributed by atoms with E-state index in [1.165, 1.54) is 35.2 Å². The number of likely N-dealkylation sites (N-methyl/N-ethyl adjacent to an activating group) is 1. The molecule has 0 saturated carbocycles. The third-order valence-corrected chi connectivity index (χ3v) is 4.13. The molecule has 1 nitrogen and oxygen atoms in total. The lowest BCUT2D eigenvalue weighted by atomic mass is 9.85. The van der Waals surface area contributed by atoms with Crippen LogP contribution < -0.4 is 0 Å². The molecule has 1 heteroatoms. The Morgan fingerprint density at radius 3 is 1.93 bits per heavy atom. The zero-order valence-electron chi connectivity index (χ0n) is 10.6. The second kappa shape index (κ2) is 3.64. The highest BCUT2D eigenvalue weighted by Crippen LogP contribution is 2.30. The first kappa shape index (κ1) is 10.7. The standard InChI is InChI=1S/C14H21N/c1-9-10(2)12(4)14-8-15(5)7-6-13(14)11(9)3/h6-8H2,1-5H3. The predicted octanol–water partition coefficient (Wildman–Crippen LogP) is 2.91. The minimum atomic E-state index is 1.13. The Kier molecular flexibility index (Phi) is 2.59. The lowest BCUT2D eigenvalue weighted by molar-refractivity contribution is 0.311. The molecule has 1 heterocycles. The first-order valence-corrected chi connectivity index (χ1v) is 5.79. The van der Waals surface area contributed by atoms with Crippen molar-refractivity contribution in [2.24, 2.45) is 0 Å². The zero-order valence-corrected chi connectivity index (χ0v) is 10.6. The first-order chi connectivity index (χ1) is 7.02. The molecule has 1 aromatic carbocycles. The van der Waals surface area contributed by atoms with Crippen molar-refractivity contribution >= 4 is 0 Å². The Bertz CT molecular complexity index is 405. The Morgan fingerprint density at radius 2 is 1.33 bits per heavy atom. The summed E-state index contributed by atoms with van der Waals surface area (Å²) in [6.07, 6.45) is 1.22. The fourth-order valence-corrected chi connectivity index (χ4v) is 2.67. The third kappa shape index (κ3) is 1.59. The molecule has 0 N–H and O–H groups in total. The van der Waals surface area contributed by atoms with Crippen LogP contribution in [0.25, 0.3) is 0 Å². The number of hydrogen-bond acceptors (Lipinski definition) is 1. The van der Waals surface area contributed by atoms with Gasteiger partial charge in [-0.3, -0.25) is 0 Å². The van der Waals surface area contributed by atoms with Crippen LogP contribution in [0.2, 0.25) is 0 Å². The van der Waals surface area contributed by atoms with Crippen LogP contribution in [-0.4, -0.2) is 18.5 Å². The maximum atomic E-state index is 2.42. The lowest BCUT2D eigenvalue weighted by Gasteiger charge is -2.30. The van der Waals surface area contributed by atoms with Crippen LogP contribution in [0.5, 0.6) is 0 Å². The molecule has 0 fully saturated rings. The van der Waals surface area contributed by atoms with Crippen LogP contribution in [0.4, 0.5) is 0 Å². The molecule has 0 atom stereocenters. The molecule has 0 saturated heterocycles. The van der Waals surface area contributed by atoms with Crippen LogP contribution in [-0.2, 0) is 13.0 Å². The number of fused-ring (bicyclic) bond motifs is 1. The molecule has 0 amide bonds. The SMILES string of the molecule is Cc1c(C)c(C)c2c(c1C)CCN(C)C2. The molecule has 1 aliphatic heterocycles. The highest BCUT2D eigenvalue weighted by Gasteiger charge is 2.19. The fraction of sp³-hybridized carbons (Fsp3) is 0.571. The molecular weight excluding hydrogens is 182 g/mol. The van der Waals surface area contributed by atoms with Gasteiger partial charge in [0.2, 0.25) is 0 Å². The summed E-state index contributed by atoms with van der Waals surface area (Å²) in [6.45, 7) is 11.4. The molecular formula is C14H21N. The van der Waals surface area contributed by atoms with Gasteiger partial charge in [0.1, 0.15) is 0 Å². The van der Waals surface area contributed by atoms with Gasteiger partial charge < -0.3 is 4.90 Å². The van der Waals surface area contributed by atoms with E-state index < -0.39 is 0 Å². The molecule has 0 bridgehead atoms. The summed E-state index contributed by atoms with van der Waals surface area (Å²) >= 11 is 0. The van der Waals surface area contributed by atoms with Crippen LogP contribution in [0, 0.1) is 27.7 Å². The van der Waals surface area contributed by atoms with Gasteiger partial charge in [0.25, 0.3) is 0 Å². The normalized spacial score (nSPS) is 16.6. The summed E-state index contributed by atoms with van der Waals surface area (Å²) < 4.78 is 0. The van der Waals surface area contributed by atoms with Gasteiger partial charge in [0.05, 0.1) is 0 Å². The van der Waals surface area contributed by atoms with Crippen molar-refractivity contribution in [3.63, 3.8) is 0 Å². The maximum Gasteiger partial charge on any atom is 0.0236 e. The van der Waals surface area contributed by atoms with E-state index in [0.717, 1.165) is 6.54 Å². The van der Waals surface area contributed by atoms with E-state index in [2.05, 4.69) is 39.6 Å². The molecule has 82 valence electrons. The van der Waals surface area contributed by atoms with Crippen LogP contribution >= 0.6 is 0 Å². The lowest BCUT2D eigenvalue weighted by Crippen LogP contribution is -2.28. The first-order valence-electron chi connectivity index (χ1n) is 5.79. The summed E-state index contributed by atoms with van der Waals surface area (Å²) in [5.74, 6) is 0. The summed E-state index contributed by atoms with van der Waals surface area (Å²) in [5, 5.41) is 0. The van der Waals surface area contributed by atoms with Crippen LogP contribution in [0.15, 0.2) is 0 Å². The highest BCUT2D eigenvalue weighted by molar-refractivity contribution is 5.50. The number of rotatable bonds is 0. The van der Waals surface area contributed by atoms with E-state index in [1.807, 2.05) is 0 Å². The van der Waals surface area contributed by atoms with Crippen molar-refractivity contribution in [3.05, 3.63) is 33.4 Å². The van der Waals surface area contributed by atoms with Gasteiger partial charge in [-0.2, -0.15) is 0 Å². The second-order valence-electron chi connectivity index (χ2n) is 4.94. The zero-order chi connectivity index (χ0) is 11.2. The molecule has 0 aromatic heterocycles. The Balaban J connectivity index is 2.65. The van der Waals surface area contributed by atoms with Crippen molar-refractivity contribution in [1.29, 1.82) is 0 Å². The molecule has 0 aliphatic carbocycles. The minimum Gasteiger partial charge on any atom is -0.302 e. The minimum absolute atomic E-state index is 1.13. The predicted molar refractivity (Wildman–Crippen MR) is 65.4 cm³/mol. The van der Waals surface area contributed by atoms with Crippen LogP contribution in [0.1, 0.15) is 33.4 Å². The van der Waals surface area contributed by atoms with Crippen molar-refractivity contribution in [2.75, 3.05) is 13.6 Å². The third-order valence-electron chi connectivity index (χ3n) is 4.13. The average molecular weight is 203 g/mol. The van der Waals surface area contributed by atoms with E-state index in [-0.39, 0.29) is 0 Å². The maximum absolute atomic E-state index is 2.42. The second-order valence-corrected chi connectivity index (χ2v) is 4.94. The molecule has 1 aromatic rings. The van der Waals surface area contributed by atoms with Gasteiger partial charge in [-0.05, 0) is 74.5 Å². The largest absolute Gasteiger partial charge is 0.302 e. The van der Waals surface area contributed by atoms with Gasteiger partial charge >= 0.3 is 0 Å². The van der Waals surface area contributed by atoms with Gasteiger partial charge in [-0.15, -0.1) is 0 Å². The topological polar surface area (TPSA) is 3.24 Å². The smallest absolute Gasteiger partial charge is 0.0236 e.